The smallest absolute Gasteiger partial charge is 0.290 e. The lowest BCUT2D eigenvalue weighted by Crippen LogP contribution is -1.77. The number of aryl methyl sites for hydroxylation is 1. The Labute approximate surface area is 97.4 Å². The zero-order valence-corrected chi connectivity index (χ0v) is 9.57. The maximum atomic E-state index is 8.36. The molecule has 0 saturated carbocycles. The van der Waals surface area contributed by atoms with Crippen LogP contribution in [0.25, 0.3) is 10.4 Å². The molecule has 0 aliphatic carbocycles. The Morgan fingerprint density at radius 3 is 2.56 bits per heavy atom. The molecule has 5 heteroatoms. The molecule has 0 unspecified atom stereocenters. The van der Waals surface area contributed by atoms with Crippen LogP contribution in [0.2, 0.25) is 0 Å². The van der Waals surface area contributed by atoms with E-state index in [4.69, 9.17) is 15.6 Å². The molecule has 1 aromatic carbocycles. The predicted molar refractivity (Wildman–Crippen MR) is 65.4 cm³/mol. The minimum atomic E-state index is -0.250. The Morgan fingerprint density at radius 2 is 2.06 bits per heavy atom. The van der Waals surface area contributed by atoms with Gasteiger partial charge in [-0.1, -0.05) is 35.6 Å². The van der Waals surface area contributed by atoms with Crippen molar-refractivity contribution in [2.45, 2.75) is 6.92 Å². The van der Waals surface area contributed by atoms with Crippen molar-refractivity contribution in [2.75, 3.05) is 5.73 Å². The summed E-state index contributed by atoms with van der Waals surface area (Å²) in [7, 11) is 0. The van der Waals surface area contributed by atoms with Gasteiger partial charge in [-0.05, 0) is 18.1 Å². The Kier molecular flexibility index (Phi) is 4.47. The van der Waals surface area contributed by atoms with E-state index in [9.17, 15) is 0 Å². The largest absolute Gasteiger partial charge is 0.483 e. The second-order valence-corrected chi connectivity index (χ2v) is 4.05. The third-order valence-electron chi connectivity index (χ3n) is 1.93. The van der Waals surface area contributed by atoms with Crippen LogP contribution in [0.15, 0.2) is 30.5 Å². The van der Waals surface area contributed by atoms with Crippen molar-refractivity contribution >= 4 is 22.9 Å². The normalized spacial score (nSPS) is 9.06. The Hall–Kier alpha value is -1.88. The van der Waals surface area contributed by atoms with Gasteiger partial charge in [0.05, 0.1) is 4.88 Å². The standard InChI is InChI=1S/C10H10N2S.CH2O2/c1-7-4-2-3-5-8(7)9-6-12-10(11)13-9;2-1-3/h2-6H,1H3,(H2,11,12);1H,(H,2,3). The lowest BCUT2D eigenvalue weighted by Gasteiger charge is -1.99. The monoisotopic (exact) mass is 236 g/mol. The SMILES string of the molecule is Cc1ccccc1-c1cnc(N)s1.O=CO. The molecule has 4 nitrogen and oxygen atoms in total. The van der Waals surface area contributed by atoms with Crippen molar-refractivity contribution in [1.82, 2.24) is 4.98 Å². The summed E-state index contributed by atoms with van der Waals surface area (Å²) >= 11 is 1.52. The minimum absolute atomic E-state index is 0.250. The number of anilines is 1. The average molecular weight is 236 g/mol. The van der Waals surface area contributed by atoms with Crippen LogP contribution in [-0.2, 0) is 4.79 Å². The summed E-state index contributed by atoms with van der Waals surface area (Å²) in [6, 6.07) is 8.23. The molecule has 0 amide bonds. The first-order valence-electron chi connectivity index (χ1n) is 4.54. The molecule has 1 aromatic heterocycles. The van der Waals surface area contributed by atoms with E-state index in [2.05, 4.69) is 24.0 Å². The predicted octanol–water partition coefficient (Wildman–Crippen LogP) is 2.40. The van der Waals surface area contributed by atoms with Crippen LogP contribution in [0.5, 0.6) is 0 Å². The first-order chi connectivity index (χ1) is 7.69. The van der Waals surface area contributed by atoms with Crippen molar-refractivity contribution < 1.29 is 9.90 Å². The van der Waals surface area contributed by atoms with E-state index in [0.717, 1.165) is 4.88 Å². The molecule has 0 saturated heterocycles. The molecule has 2 rings (SSSR count). The number of nitrogens with two attached hydrogens (primary N) is 1. The lowest BCUT2D eigenvalue weighted by molar-refractivity contribution is -0.122. The summed E-state index contributed by atoms with van der Waals surface area (Å²) in [4.78, 5) is 13.5. The second kappa shape index (κ2) is 5.87. The summed E-state index contributed by atoms with van der Waals surface area (Å²) < 4.78 is 0. The number of thiazole rings is 1. The Balaban J connectivity index is 0.000000386. The summed E-state index contributed by atoms with van der Waals surface area (Å²) in [6.07, 6.45) is 1.82. The first-order valence-corrected chi connectivity index (χ1v) is 5.36. The third-order valence-corrected chi connectivity index (χ3v) is 2.79. The van der Waals surface area contributed by atoms with Crippen LogP contribution in [-0.4, -0.2) is 16.6 Å². The molecule has 0 spiro atoms. The van der Waals surface area contributed by atoms with Crippen molar-refractivity contribution in [3.63, 3.8) is 0 Å². The molecule has 2 aromatic rings. The van der Waals surface area contributed by atoms with Gasteiger partial charge in [0.15, 0.2) is 5.13 Å². The number of hydrogen-bond acceptors (Lipinski definition) is 4. The van der Waals surface area contributed by atoms with E-state index < -0.39 is 0 Å². The van der Waals surface area contributed by atoms with Gasteiger partial charge in [-0.15, -0.1) is 0 Å². The average Bonchev–Trinajstić information content (AvgIpc) is 2.67. The van der Waals surface area contributed by atoms with E-state index in [1.165, 1.54) is 22.5 Å². The zero-order chi connectivity index (χ0) is 12.0. The summed E-state index contributed by atoms with van der Waals surface area (Å²) in [6.45, 7) is 1.84. The fraction of sp³-hybridized carbons (Fsp3) is 0.0909. The highest BCUT2D eigenvalue weighted by atomic mass is 32.1. The van der Waals surface area contributed by atoms with Gasteiger partial charge < -0.3 is 10.8 Å². The van der Waals surface area contributed by atoms with Crippen LogP contribution >= 0.6 is 11.3 Å². The van der Waals surface area contributed by atoms with E-state index in [0.29, 0.717) is 5.13 Å². The Bertz CT molecular complexity index is 469. The van der Waals surface area contributed by atoms with Crippen molar-refractivity contribution in [3.05, 3.63) is 36.0 Å². The van der Waals surface area contributed by atoms with Crippen molar-refractivity contribution in [2.24, 2.45) is 0 Å². The second-order valence-electron chi connectivity index (χ2n) is 2.98. The molecular formula is C11H12N2O2S. The molecule has 0 atom stereocenters. The highest BCUT2D eigenvalue weighted by Crippen LogP contribution is 2.29. The number of carbonyl (C=O) groups is 1. The Morgan fingerprint density at radius 1 is 1.44 bits per heavy atom. The topological polar surface area (TPSA) is 76.2 Å². The van der Waals surface area contributed by atoms with E-state index in [-0.39, 0.29) is 6.47 Å². The maximum absolute atomic E-state index is 8.36. The lowest BCUT2D eigenvalue weighted by atomic mass is 10.1. The van der Waals surface area contributed by atoms with Gasteiger partial charge in [-0.3, -0.25) is 4.79 Å². The van der Waals surface area contributed by atoms with Crippen molar-refractivity contribution in [1.29, 1.82) is 0 Å². The summed E-state index contributed by atoms with van der Waals surface area (Å²) in [5.74, 6) is 0. The quantitative estimate of drug-likeness (QED) is 0.745. The molecule has 3 N–H and O–H groups in total. The highest BCUT2D eigenvalue weighted by molar-refractivity contribution is 7.18. The molecule has 0 radical (unpaired) electrons. The molecule has 0 fully saturated rings. The molecule has 0 bridgehead atoms. The van der Waals surface area contributed by atoms with E-state index in [1.54, 1.807) is 0 Å². The molecule has 0 aliphatic heterocycles. The van der Waals surface area contributed by atoms with Gasteiger partial charge in [0.2, 0.25) is 0 Å². The van der Waals surface area contributed by atoms with Crippen LogP contribution in [0.4, 0.5) is 5.13 Å². The van der Waals surface area contributed by atoms with Gasteiger partial charge in [0, 0.05) is 6.20 Å². The zero-order valence-electron chi connectivity index (χ0n) is 8.75. The van der Waals surface area contributed by atoms with E-state index >= 15 is 0 Å². The van der Waals surface area contributed by atoms with Gasteiger partial charge in [-0.2, -0.15) is 0 Å². The number of aromatic nitrogens is 1. The molecule has 16 heavy (non-hydrogen) atoms. The number of hydrogen-bond donors (Lipinski definition) is 2. The number of rotatable bonds is 1. The number of nitrogen functional groups attached to an aromatic ring is 1. The third kappa shape index (κ3) is 3.06. The number of carboxylic acid groups (broad SMARTS) is 1. The van der Waals surface area contributed by atoms with E-state index in [1.807, 2.05) is 18.3 Å². The fourth-order valence-corrected chi connectivity index (χ4v) is 2.04. The van der Waals surface area contributed by atoms with Crippen LogP contribution in [0.1, 0.15) is 5.56 Å². The maximum Gasteiger partial charge on any atom is 0.290 e. The summed E-state index contributed by atoms with van der Waals surface area (Å²) in [5.41, 5.74) is 8.05. The fourth-order valence-electron chi connectivity index (χ4n) is 1.26. The van der Waals surface area contributed by atoms with Crippen LogP contribution in [0.3, 0.4) is 0 Å². The highest BCUT2D eigenvalue weighted by Gasteiger charge is 2.03. The van der Waals surface area contributed by atoms with Crippen molar-refractivity contribution in [3.8, 4) is 10.4 Å². The summed E-state index contributed by atoms with van der Waals surface area (Å²) in [5, 5.41) is 7.51. The molecule has 0 aliphatic rings. The van der Waals surface area contributed by atoms with Crippen LogP contribution < -0.4 is 5.73 Å². The molecular weight excluding hydrogens is 224 g/mol. The number of benzene rings is 1. The van der Waals surface area contributed by atoms with Crippen LogP contribution in [0, 0.1) is 6.92 Å². The first kappa shape index (κ1) is 12.2. The van der Waals surface area contributed by atoms with Gasteiger partial charge in [-0.25, -0.2) is 4.98 Å². The number of nitrogens with zero attached hydrogens (tertiary/aromatic N) is 1. The van der Waals surface area contributed by atoms with Gasteiger partial charge in [0.1, 0.15) is 0 Å². The minimum Gasteiger partial charge on any atom is -0.483 e. The molecule has 84 valence electrons. The van der Waals surface area contributed by atoms with Gasteiger partial charge >= 0.3 is 0 Å². The van der Waals surface area contributed by atoms with Gasteiger partial charge in [0.25, 0.3) is 6.47 Å². The molecule has 1 heterocycles.